The van der Waals surface area contributed by atoms with E-state index in [1.165, 1.54) is 15.9 Å². The molecule has 45 heavy (non-hydrogen) atoms. The molecule has 0 unspecified atom stereocenters. The van der Waals surface area contributed by atoms with Crippen LogP contribution in [-0.4, -0.2) is 45.2 Å². The Hall–Kier alpha value is -5.22. The van der Waals surface area contributed by atoms with E-state index in [4.69, 9.17) is 19.3 Å². The SMILES string of the molecule is COc1ccc(/C=C/c2nc3s/c(=C\c4cn(-c5ccccc5)nc4-c4ccc(OCC(C)C)c(C)c4)c(=O)n3n2)cc1OC. The van der Waals surface area contributed by atoms with Gasteiger partial charge in [-0.05, 0) is 78.6 Å². The predicted octanol–water partition coefficient (Wildman–Crippen LogP) is 6.08. The summed E-state index contributed by atoms with van der Waals surface area (Å²) in [6.07, 6.45) is 7.44. The molecule has 3 aromatic heterocycles. The van der Waals surface area contributed by atoms with Gasteiger partial charge < -0.3 is 14.2 Å². The molecule has 228 valence electrons. The Kier molecular flexibility index (Phi) is 8.48. The number of para-hydroxylation sites is 1. The number of aryl methyl sites for hydroxylation is 1. The largest absolute Gasteiger partial charge is 0.493 e. The lowest BCUT2D eigenvalue weighted by Crippen LogP contribution is -2.23. The summed E-state index contributed by atoms with van der Waals surface area (Å²) < 4.78 is 20.4. The molecule has 0 saturated heterocycles. The van der Waals surface area contributed by atoms with Crippen molar-refractivity contribution < 1.29 is 14.2 Å². The first kappa shape index (κ1) is 29.8. The Labute approximate surface area is 264 Å². The number of ether oxygens (including phenoxy) is 3. The highest BCUT2D eigenvalue weighted by atomic mass is 32.1. The third-order valence-electron chi connectivity index (χ3n) is 7.10. The molecular weight excluding hydrogens is 586 g/mol. The zero-order chi connectivity index (χ0) is 31.5. The smallest absolute Gasteiger partial charge is 0.291 e. The van der Waals surface area contributed by atoms with Crippen LogP contribution in [0.3, 0.4) is 0 Å². The minimum atomic E-state index is -0.236. The molecule has 0 fully saturated rings. The number of hydrogen-bond donors (Lipinski definition) is 0. The number of fused-ring (bicyclic) bond motifs is 1. The lowest BCUT2D eigenvalue weighted by atomic mass is 10.0. The van der Waals surface area contributed by atoms with Gasteiger partial charge in [0, 0.05) is 17.3 Å². The Balaban J connectivity index is 1.36. The molecular formula is C35H33N5O4S. The van der Waals surface area contributed by atoms with Crippen LogP contribution in [0, 0.1) is 12.8 Å². The molecule has 0 aliphatic carbocycles. The van der Waals surface area contributed by atoms with E-state index in [-0.39, 0.29) is 5.56 Å². The number of benzene rings is 3. The average molecular weight is 620 g/mol. The maximum Gasteiger partial charge on any atom is 0.291 e. The highest BCUT2D eigenvalue weighted by molar-refractivity contribution is 7.15. The fourth-order valence-electron chi connectivity index (χ4n) is 4.83. The van der Waals surface area contributed by atoms with E-state index < -0.39 is 0 Å². The van der Waals surface area contributed by atoms with Crippen molar-refractivity contribution >= 4 is 34.5 Å². The van der Waals surface area contributed by atoms with Crippen LogP contribution in [0.4, 0.5) is 0 Å². The number of thiazole rings is 1. The fourth-order valence-corrected chi connectivity index (χ4v) is 5.74. The maximum absolute atomic E-state index is 13.5. The average Bonchev–Trinajstić information content (AvgIpc) is 3.74. The monoisotopic (exact) mass is 619 g/mol. The molecule has 10 heteroatoms. The molecule has 0 amide bonds. The van der Waals surface area contributed by atoms with Crippen molar-refractivity contribution in [2.75, 3.05) is 20.8 Å². The van der Waals surface area contributed by atoms with Crippen molar-refractivity contribution in [3.8, 4) is 34.2 Å². The minimum Gasteiger partial charge on any atom is -0.493 e. The second-order valence-electron chi connectivity index (χ2n) is 10.9. The maximum atomic E-state index is 13.5. The second kappa shape index (κ2) is 12.8. The van der Waals surface area contributed by atoms with Crippen molar-refractivity contribution in [1.82, 2.24) is 24.4 Å². The molecule has 0 spiro atoms. The lowest BCUT2D eigenvalue weighted by Gasteiger charge is -2.12. The van der Waals surface area contributed by atoms with Crippen molar-refractivity contribution in [2.45, 2.75) is 20.8 Å². The van der Waals surface area contributed by atoms with Gasteiger partial charge in [0.25, 0.3) is 5.56 Å². The summed E-state index contributed by atoms with van der Waals surface area (Å²) in [5.41, 5.74) is 5.09. The molecule has 9 nitrogen and oxygen atoms in total. The van der Waals surface area contributed by atoms with E-state index in [9.17, 15) is 4.79 Å². The molecule has 0 aliphatic rings. The third-order valence-corrected chi connectivity index (χ3v) is 8.06. The van der Waals surface area contributed by atoms with Crippen LogP contribution in [0.15, 0.2) is 77.7 Å². The summed E-state index contributed by atoms with van der Waals surface area (Å²) in [7, 11) is 3.19. The number of methoxy groups -OCH3 is 2. The number of hydrogen-bond acceptors (Lipinski definition) is 8. The van der Waals surface area contributed by atoms with Crippen LogP contribution in [0.1, 0.15) is 36.4 Å². The van der Waals surface area contributed by atoms with Crippen molar-refractivity contribution in [2.24, 2.45) is 5.92 Å². The second-order valence-corrected chi connectivity index (χ2v) is 11.9. The van der Waals surface area contributed by atoms with Crippen LogP contribution in [0.25, 0.3) is 40.1 Å². The number of nitrogens with zero attached hydrogens (tertiary/aromatic N) is 5. The Morgan fingerprint density at radius 2 is 1.69 bits per heavy atom. The minimum absolute atomic E-state index is 0.236. The van der Waals surface area contributed by atoms with Gasteiger partial charge in [0.05, 0.1) is 31.0 Å². The molecule has 3 aromatic carbocycles. The van der Waals surface area contributed by atoms with Crippen molar-refractivity contribution in [3.05, 3.63) is 110 Å². The van der Waals surface area contributed by atoms with E-state index in [1.807, 2.05) is 90.6 Å². The first-order chi connectivity index (χ1) is 21.8. The van der Waals surface area contributed by atoms with Gasteiger partial charge in [0.1, 0.15) is 11.4 Å². The molecule has 0 radical (unpaired) electrons. The Morgan fingerprint density at radius 1 is 0.911 bits per heavy atom. The van der Waals surface area contributed by atoms with E-state index in [0.29, 0.717) is 39.3 Å². The topological polar surface area (TPSA) is 92.8 Å². The summed E-state index contributed by atoms with van der Waals surface area (Å²) in [6.45, 7) is 6.93. The zero-order valence-corrected chi connectivity index (χ0v) is 26.5. The predicted molar refractivity (Wildman–Crippen MR) is 178 cm³/mol. The van der Waals surface area contributed by atoms with Gasteiger partial charge in [-0.15, -0.1) is 5.10 Å². The van der Waals surface area contributed by atoms with Crippen LogP contribution < -0.4 is 24.3 Å². The summed E-state index contributed by atoms with van der Waals surface area (Å²) in [6, 6.07) is 21.6. The van der Waals surface area contributed by atoms with Crippen LogP contribution in [0.2, 0.25) is 0 Å². The van der Waals surface area contributed by atoms with E-state index in [0.717, 1.165) is 39.4 Å². The van der Waals surface area contributed by atoms with E-state index in [2.05, 4.69) is 30.0 Å². The van der Waals surface area contributed by atoms with Gasteiger partial charge in [-0.25, -0.2) is 4.68 Å². The number of rotatable bonds is 10. The standard InChI is InChI=1S/C35H33N5O4S/c1-22(2)21-44-28-15-13-25(17-23(28)3)33-26(20-39(38-33)27-9-7-6-8-10-27)19-31-34(41)40-35(45-31)36-32(37-40)16-12-24-11-14-29(42-4)30(18-24)43-5/h6-20,22H,21H2,1-5H3/b16-12+,31-19-. The Bertz CT molecular complexity index is 2110. The van der Waals surface area contributed by atoms with Gasteiger partial charge in [-0.2, -0.15) is 14.6 Å². The quantitative estimate of drug-likeness (QED) is 0.183. The van der Waals surface area contributed by atoms with Crippen LogP contribution in [-0.2, 0) is 0 Å². The zero-order valence-electron chi connectivity index (χ0n) is 25.7. The normalized spacial score (nSPS) is 12.1. The van der Waals surface area contributed by atoms with Gasteiger partial charge >= 0.3 is 0 Å². The molecule has 0 saturated carbocycles. The fraction of sp³-hybridized carbons (Fsp3) is 0.200. The summed E-state index contributed by atoms with van der Waals surface area (Å²) in [5.74, 6) is 2.99. The lowest BCUT2D eigenvalue weighted by molar-refractivity contribution is 0.269. The van der Waals surface area contributed by atoms with Gasteiger partial charge in [-0.1, -0.05) is 55.5 Å². The highest BCUT2D eigenvalue weighted by Gasteiger charge is 2.15. The molecule has 0 atom stereocenters. The molecule has 3 heterocycles. The Morgan fingerprint density at radius 3 is 2.40 bits per heavy atom. The first-order valence-electron chi connectivity index (χ1n) is 14.5. The molecule has 6 rings (SSSR count). The van der Waals surface area contributed by atoms with E-state index in [1.54, 1.807) is 20.3 Å². The van der Waals surface area contributed by atoms with Crippen molar-refractivity contribution in [3.63, 3.8) is 0 Å². The summed E-state index contributed by atoms with van der Waals surface area (Å²) in [4.78, 5) is 18.6. The first-order valence-corrected chi connectivity index (χ1v) is 15.3. The summed E-state index contributed by atoms with van der Waals surface area (Å²) in [5, 5.41) is 9.39. The summed E-state index contributed by atoms with van der Waals surface area (Å²) >= 11 is 1.29. The van der Waals surface area contributed by atoms with Crippen molar-refractivity contribution in [1.29, 1.82) is 0 Å². The highest BCUT2D eigenvalue weighted by Crippen LogP contribution is 2.30. The van der Waals surface area contributed by atoms with Crippen LogP contribution >= 0.6 is 11.3 Å². The van der Waals surface area contributed by atoms with E-state index >= 15 is 0 Å². The van der Waals surface area contributed by atoms with Gasteiger partial charge in [-0.3, -0.25) is 4.79 Å². The number of aromatic nitrogens is 5. The van der Waals surface area contributed by atoms with Gasteiger partial charge in [0.15, 0.2) is 17.3 Å². The molecule has 0 bridgehead atoms. The van der Waals surface area contributed by atoms with Gasteiger partial charge in [0.2, 0.25) is 4.96 Å². The molecule has 6 aromatic rings. The third kappa shape index (κ3) is 6.37. The van der Waals surface area contributed by atoms with Crippen LogP contribution in [0.5, 0.6) is 17.2 Å². The molecule has 0 aliphatic heterocycles. The molecule has 0 N–H and O–H groups in total.